The van der Waals surface area contributed by atoms with E-state index in [0.29, 0.717) is 4.58 Å². The molecule has 126 valence electrons. The van der Waals surface area contributed by atoms with E-state index in [0.717, 1.165) is 25.1 Å². The Kier molecular flexibility index (Phi) is 5.29. The van der Waals surface area contributed by atoms with Gasteiger partial charge in [-0.3, -0.25) is 4.79 Å². The molecule has 1 amide bonds. The van der Waals surface area contributed by atoms with E-state index in [2.05, 4.69) is 26.0 Å². The number of benzene rings is 1. The van der Waals surface area contributed by atoms with Crippen LogP contribution in [0.15, 0.2) is 24.3 Å². The second-order valence-electron chi connectivity index (χ2n) is 7.16. The third-order valence-electron chi connectivity index (χ3n) is 4.86. The van der Waals surface area contributed by atoms with Gasteiger partial charge in [-0.1, -0.05) is 26.0 Å². The van der Waals surface area contributed by atoms with Gasteiger partial charge in [0.05, 0.1) is 4.58 Å². The Morgan fingerprint density at radius 2 is 1.87 bits per heavy atom. The van der Waals surface area contributed by atoms with Gasteiger partial charge in [-0.2, -0.15) is 0 Å². The summed E-state index contributed by atoms with van der Waals surface area (Å²) in [5.41, 5.74) is 8.29. The topological polar surface area (TPSA) is 46.3 Å². The quantitative estimate of drug-likeness (QED) is 0.882. The van der Waals surface area contributed by atoms with Crippen LogP contribution in [0.2, 0.25) is 0 Å². The molecule has 1 aromatic rings. The van der Waals surface area contributed by atoms with Crippen LogP contribution in [-0.4, -0.2) is 41.4 Å². The van der Waals surface area contributed by atoms with Crippen LogP contribution < -0.4 is 5.73 Å². The maximum atomic E-state index is 12.8. The lowest BCUT2D eigenvalue weighted by Crippen LogP contribution is -2.53. The maximum Gasteiger partial charge on any atom is 0.253 e. The van der Waals surface area contributed by atoms with Crippen LogP contribution in [0.3, 0.4) is 0 Å². The molecule has 1 unspecified atom stereocenters. The Balaban J connectivity index is 1.68. The molecule has 2 saturated heterocycles. The summed E-state index contributed by atoms with van der Waals surface area (Å²) in [4.78, 5) is 14.7. The van der Waals surface area contributed by atoms with Gasteiger partial charge >= 0.3 is 0 Å². The number of amides is 1. The Morgan fingerprint density at radius 3 is 2.48 bits per heavy atom. The predicted molar refractivity (Wildman–Crippen MR) is 101 cm³/mol. The average Bonchev–Trinajstić information content (AvgIpc) is 2.57. The minimum atomic E-state index is -0.0107. The number of likely N-dealkylation sites (tertiary alicyclic amines) is 1. The monoisotopic (exact) mass is 350 g/mol. The van der Waals surface area contributed by atoms with Crippen molar-refractivity contribution in [1.29, 1.82) is 0 Å². The summed E-state index contributed by atoms with van der Waals surface area (Å²) in [6.07, 6.45) is 2.18. The SMILES string of the molecule is CC1(C)CN(C(=O)c2ccc(C3SCCCS3)cc2)CCC1N. The standard InChI is InChI=1S/C18H26N2OS2/c1-18(2)12-20(9-8-15(18)19)16(21)13-4-6-14(7-5-13)17-22-10-3-11-23-17/h4-7,15,17H,3,8-12,19H2,1-2H3. The van der Waals surface area contributed by atoms with Gasteiger partial charge in [0.1, 0.15) is 0 Å². The summed E-state index contributed by atoms with van der Waals surface area (Å²) in [5, 5.41) is 0. The minimum absolute atomic E-state index is 0.0107. The number of carbonyl (C=O) groups excluding carboxylic acids is 1. The predicted octanol–water partition coefficient (Wildman–Crippen LogP) is 3.75. The number of thioether (sulfide) groups is 2. The summed E-state index contributed by atoms with van der Waals surface area (Å²) in [5.74, 6) is 2.61. The van der Waals surface area contributed by atoms with E-state index in [1.54, 1.807) is 0 Å². The Hall–Kier alpha value is -0.650. The van der Waals surface area contributed by atoms with Crippen molar-refractivity contribution < 1.29 is 4.79 Å². The highest BCUT2D eigenvalue weighted by molar-refractivity contribution is 8.16. The van der Waals surface area contributed by atoms with E-state index in [1.165, 1.54) is 23.5 Å². The van der Waals surface area contributed by atoms with Crippen molar-refractivity contribution in [3.05, 3.63) is 35.4 Å². The molecule has 2 heterocycles. The average molecular weight is 351 g/mol. The fourth-order valence-corrected chi connectivity index (χ4v) is 6.09. The van der Waals surface area contributed by atoms with Crippen molar-refractivity contribution in [1.82, 2.24) is 4.90 Å². The van der Waals surface area contributed by atoms with Crippen LogP contribution in [0.4, 0.5) is 0 Å². The van der Waals surface area contributed by atoms with Crippen LogP contribution in [0.25, 0.3) is 0 Å². The number of hydrogen-bond donors (Lipinski definition) is 1. The zero-order valence-electron chi connectivity index (χ0n) is 14.0. The number of rotatable bonds is 2. The molecule has 1 atom stereocenters. The largest absolute Gasteiger partial charge is 0.338 e. The molecule has 23 heavy (non-hydrogen) atoms. The highest BCUT2D eigenvalue weighted by atomic mass is 32.2. The van der Waals surface area contributed by atoms with Gasteiger partial charge in [-0.05, 0) is 47.5 Å². The molecule has 0 aromatic heterocycles. The molecule has 3 rings (SSSR count). The molecule has 0 radical (unpaired) electrons. The highest BCUT2D eigenvalue weighted by Gasteiger charge is 2.35. The molecular weight excluding hydrogens is 324 g/mol. The Labute approximate surface area is 147 Å². The Bertz CT molecular complexity index is 553. The first-order chi connectivity index (χ1) is 11.0. The number of nitrogens with two attached hydrogens (primary N) is 1. The molecule has 3 nitrogen and oxygen atoms in total. The lowest BCUT2D eigenvalue weighted by atomic mass is 9.79. The zero-order valence-corrected chi connectivity index (χ0v) is 15.6. The molecule has 1 aromatic carbocycles. The van der Waals surface area contributed by atoms with Crippen LogP contribution in [0.1, 0.15) is 47.2 Å². The fourth-order valence-electron chi connectivity index (χ4n) is 3.19. The number of nitrogens with zero attached hydrogens (tertiary/aromatic N) is 1. The maximum absolute atomic E-state index is 12.8. The minimum Gasteiger partial charge on any atom is -0.338 e. The first-order valence-electron chi connectivity index (χ1n) is 8.35. The van der Waals surface area contributed by atoms with Crippen LogP contribution in [0, 0.1) is 5.41 Å². The van der Waals surface area contributed by atoms with Crippen molar-refractivity contribution in [3.63, 3.8) is 0 Å². The van der Waals surface area contributed by atoms with Gasteiger partial charge < -0.3 is 10.6 Å². The lowest BCUT2D eigenvalue weighted by molar-refractivity contribution is 0.0533. The summed E-state index contributed by atoms with van der Waals surface area (Å²) in [6.45, 7) is 5.80. The van der Waals surface area contributed by atoms with Crippen molar-refractivity contribution in [2.24, 2.45) is 11.1 Å². The first kappa shape index (κ1) is 17.2. The van der Waals surface area contributed by atoms with Crippen LogP contribution >= 0.6 is 23.5 Å². The van der Waals surface area contributed by atoms with Crippen LogP contribution in [0.5, 0.6) is 0 Å². The summed E-state index contributed by atoms with van der Waals surface area (Å²) >= 11 is 4.02. The molecular formula is C18H26N2OS2. The van der Waals surface area contributed by atoms with Gasteiger partial charge in [0, 0.05) is 24.7 Å². The second-order valence-corrected chi connectivity index (χ2v) is 9.88. The van der Waals surface area contributed by atoms with Crippen molar-refractivity contribution >= 4 is 29.4 Å². The van der Waals surface area contributed by atoms with E-state index in [4.69, 9.17) is 5.73 Å². The van der Waals surface area contributed by atoms with Crippen molar-refractivity contribution in [2.45, 2.75) is 37.3 Å². The van der Waals surface area contributed by atoms with Gasteiger partial charge in [0.25, 0.3) is 5.91 Å². The molecule has 0 bridgehead atoms. The third kappa shape index (κ3) is 3.89. The van der Waals surface area contributed by atoms with Crippen LogP contribution in [-0.2, 0) is 0 Å². The summed E-state index contributed by atoms with van der Waals surface area (Å²) in [6, 6.07) is 8.42. The van der Waals surface area contributed by atoms with E-state index in [1.807, 2.05) is 40.6 Å². The molecule has 5 heteroatoms. The molecule has 0 saturated carbocycles. The van der Waals surface area contributed by atoms with E-state index in [9.17, 15) is 4.79 Å². The summed E-state index contributed by atoms with van der Waals surface area (Å²) < 4.78 is 0.528. The summed E-state index contributed by atoms with van der Waals surface area (Å²) in [7, 11) is 0. The van der Waals surface area contributed by atoms with Crippen molar-refractivity contribution in [2.75, 3.05) is 24.6 Å². The normalized spacial score (nSPS) is 25.3. The van der Waals surface area contributed by atoms with Gasteiger partial charge in [-0.25, -0.2) is 0 Å². The van der Waals surface area contributed by atoms with Gasteiger partial charge in [0.15, 0.2) is 0 Å². The first-order valence-corrected chi connectivity index (χ1v) is 10.5. The molecule has 2 N–H and O–H groups in total. The number of carbonyl (C=O) groups is 1. The van der Waals surface area contributed by atoms with Gasteiger partial charge in [0.2, 0.25) is 0 Å². The molecule has 0 aliphatic carbocycles. The number of piperidine rings is 1. The smallest absolute Gasteiger partial charge is 0.253 e. The molecule has 2 fully saturated rings. The van der Waals surface area contributed by atoms with Gasteiger partial charge in [-0.15, -0.1) is 23.5 Å². The van der Waals surface area contributed by atoms with Crippen molar-refractivity contribution in [3.8, 4) is 0 Å². The van der Waals surface area contributed by atoms with E-state index in [-0.39, 0.29) is 17.4 Å². The molecule has 0 spiro atoms. The Morgan fingerprint density at radius 1 is 1.22 bits per heavy atom. The van der Waals surface area contributed by atoms with E-state index >= 15 is 0 Å². The third-order valence-corrected chi connectivity index (χ3v) is 7.87. The molecule has 2 aliphatic heterocycles. The second kappa shape index (κ2) is 7.08. The van der Waals surface area contributed by atoms with E-state index < -0.39 is 0 Å². The molecule has 2 aliphatic rings. The highest BCUT2D eigenvalue weighted by Crippen LogP contribution is 2.43. The fraction of sp³-hybridized carbons (Fsp3) is 0.611. The lowest BCUT2D eigenvalue weighted by Gasteiger charge is -2.42. The zero-order chi connectivity index (χ0) is 16.4. The number of hydrogen-bond acceptors (Lipinski definition) is 4.